The van der Waals surface area contributed by atoms with E-state index in [4.69, 9.17) is 9.84 Å². The molecule has 20 heavy (non-hydrogen) atoms. The van der Waals surface area contributed by atoms with Crippen LogP contribution >= 0.6 is 0 Å². The zero-order valence-electron chi connectivity index (χ0n) is 12.5. The Hall–Kier alpha value is -1.06. The van der Waals surface area contributed by atoms with Crippen molar-refractivity contribution in [2.45, 2.75) is 50.5 Å². The van der Waals surface area contributed by atoms with E-state index < -0.39 is 0 Å². The number of rotatable bonds is 9. The van der Waals surface area contributed by atoms with E-state index in [-0.39, 0.29) is 5.54 Å². The number of aliphatic hydroxyl groups excluding tert-OH is 1. The molecule has 0 radical (unpaired) electrons. The Morgan fingerprint density at radius 2 is 1.90 bits per heavy atom. The predicted octanol–water partition coefficient (Wildman–Crippen LogP) is 3.22. The molecule has 1 fully saturated rings. The van der Waals surface area contributed by atoms with Crippen LogP contribution in [0.4, 0.5) is 0 Å². The average molecular weight is 277 g/mol. The van der Waals surface area contributed by atoms with Crippen LogP contribution in [0.15, 0.2) is 24.3 Å². The van der Waals surface area contributed by atoms with Gasteiger partial charge in [-0.05, 0) is 44.7 Å². The number of ether oxygens (including phenoxy) is 1. The highest BCUT2D eigenvalue weighted by Crippen LogP contribution is 2.44. The van der Waals surface area contributed by atoms with Crippen LogP contribution in [0.1, 0.15) is 50.5 Å². The molecule has 0 amide bonds. The summed E-state index contributed by atoms with van der Waals surface area (Å²) >= 11 is 0. The lowest BCUT2D eigenvalue weighted by atomic mass is 9.71. The molecule has 0 saturated heterocycles. The molecule has 1 aliphatic carbocycles. The average Bonchev–Trinajstić information content (AvgIpc) is 2.45. The first-order chi connectivity index (χ1) is 9.82. The lowest BCUT2D eigenvalue weighted by Crippen LogP contribution is -2.48. The highest BCUT2D eigenvalue weighted by molar-refractivity contribution is 5.40. The minimum atomic E-state index is 0.129. The van der Waals surface area contributed by atoms with Crippen molar-refractivity contribution in [2.24, 2.45) is 0 Å². The maximum atomic E-state index is 8.78. The summed E-state index contributed by atoms with van der Waals surface area (Å²) in [7, 11) is 1.75. The van der Waals surface area contributed by atoms with Gasteiger partial charge in [0.15, 0.2) is 0 Å². The fourth-order valence-corrected chi connectivity index (χ4v) is 3.03. The topological polar surface area (TPSA) is 41.5 Å². The summed E-state index contributed by atoms with van der Waals surface area (Å²) in [6.07, 6.45) is 8.10. The molecule has 2 N–H and O–H groups in total. The van der Waals surface area contributed by atoms with Gasteiger partial charge in [-0.15, -0.1) is 0 Å². The van der Waals surface area contributed by atoms with Gasteiger partial charge < -0.3 is 15.2 Å². The van der Waals surface area contributed by atoms with Crippen LogP contribution in [-0.4, -0.2) is 25.4 Å². The minimum Gasteiger partial charge on any atom is -0.496 e. The minimum absolute atomic E-state index is 0.129. The first-order valence-electron chi connectivity index (χ1n) is 7.82. The molecule has 0 heterocycles. The molecule has 1 aliphatic rings. The Labute approximate surface area is 122 Å². The maximum Gasteiger partial charge on any atom is 0.123 e. The molecule has 0 aromatic heterocycles. The zero-order valence-corrected chi connectivity index (χ0v) is 12.5. The second-order valence-corrected chi connectivity index (χ2v) is 5.70. The number of hydrogen-bond donors (Lipinski definition) is 2. The zero-order chi connectivity index (χ0) is 14.3. The summed E-state index contributed by atoms with van der Waals surface area (Å²) in [6, 6.07) is 8.37. The third-order valence-corrected chi connectivity index (χ3v) is 4.38. The molecule has 0 spiro atoms. The predicted molar refractivity (Wildman–Crippen MR) is 82.1 cm³/mol. The van der Waals surface area contributed by atoms with Gasteiger partial charge in [0.05, 0.1) is 7.11 Å². The molecule has 3 heteroatoms. The second kappa shape index (κ2) is 7.65. The van der Waals surface area contributed by atoms with Crippen molar-refractivity contribution in [3.8, 4) is 5.75 Å². The van der Waals surface area contributed by atoms with Gasteiger partial charge >= 0.3 is 0 Å². The summed E-state index contributed by atoms with van der Waals surface area (Å²) in [5.74, 6) is 1.000. The van der Waals surface area contributed by atoms with E-state index in [0.717, 1.165) is 25.1 Å². The maximum absolute atomic E-state index is 8.78. The number of methoxy groups -OCH3 is 1. The van der Waals surface area contributed by atoms with Gasteiger partial charge in [0.25, 0.3) is 0 Å². The molecule has 0 unspecified atom stereocenters. The van der Waals surface area contributed by atoms with Crippen LogP contribution in [-0.2, 0) is 5.54 Å². The van der Waals surface area contributed by atoms with Crippen LogP contribution in [0.3, 0.4) is 0 Å². The van der Waals surface area contributed by atoms with E-state index in [0.29, 0.717) is 6.61 Å². The number of aliphatic hydroxyl groups is 1. The van der Waals surface area contributed by atoms with Crippen molar-refractivity contribution in [1.29, 1.82) is 0 Å². The second-order valence-electron chi connectivity index (χ2n) is 5.70. The van der Waals surface area contributed by atoms with Gasteiger partial charge in [-0.25, -0.2) is 0 Å². The van der Waals surface area contributed by atoms with Gasteiger partial charge in [-0.2, -0.15) is 0 Å². The first kappa shape index (κ1) is 15.3. The molecule has 3 nitrogen and oxygen atoms in total. The van der Waals surface area contributed by atoms with Gasteiger partial charge in [-0.1, -0.05) is 31.0 Å². The number of para-hydroxylation sites is 1. The quantitative estimate of drug-likeness (QED) is 0.681. The van der Waals surface area contributed by atoms with Gasteiger partial charge in [-0.3, -0.25) is 0 Å². The van der Waals surface area contributed by atoms with E-state index in [1.807, 2.05) is 6.07 Å². The van der Waals surface area contributed by atoms with Crippen molar-refractivity contribution >= 4 is 0 Å². The Balaban J connectivity index is 1.89. The third-order valence-electron chi connectivity index (χ3n) is 4.38. The molecule has 1 saturated carbocycles. The summed E-state index contributed by atoms with van der Waals surface area (Å²) < 4.78 is 5.52. The van der Waals surface area contributed by atoms with Gasteiger partial charge in [0.1, 0.15) is 5.75 Å². The number of nitrogens with one attached hydrogen (secondary N) is 1. The normalized spacial score (nSPS) is 16.7. The summed E-state index contributed by atoms with van der Waals surface area (Å²) in [5.41, 5.74) is 1.44. The van der Waals surface area contributed by atoms with Crippen LogP contribution in [0.25, 0.3) is 0 Å². The Morgan fingerprint density at radius 3 is 2.55 bits per heavy atom. The summed E-state index contributed by atoms with van der Waals surface area (Å²) in [4.78, 5) is 0. The first-order valence-corrected chi connectivity index (χ1v) is 7.82. The summed E-state index contributed by atoms with van der Waals surface area (Å²) in [6.45, 7) is 1.36. The van der Waals surface area contributed by atoms with E-state index in [1.165, 1.54) is 37.7 Å². The lowest BCUT2D eigenvalue weighted by Gasteiger charge is -2.44. The lowest BCUT2D eigenvalue weighted by molar-refractivity contribution is 0.179. The number of hydrogen-bond acceptors (Lipinski definition) is 3. The van der Waals surface area contributed by atoms with Crippen LogP contribution < -0.4 is 10.1 Å². The van der Waals surface area contributed by atoms with Gasteiger partial charge in [0.2, 0.25) is 0 Å². The largest absolute Gasteiger partial charge is 0.496 e. The van der Waals surface area contributed by atoms with Crippen molar-refractivity contribution in [3.63, 3.8) is 0 Å². The molecular formula is C17H27NO2. The molecule has 1 aromatic carbocycles. The standard InChI is InChI=1S/C17H27NO2/c1-20-16-10-5-4-9-15(16)17(11-8-12-17)18-13-6-2-3-7-14-19/h4-5,9-10,18-19H,2-3,6-8,11-14H2,1H3. The van der Waals surface area contributed by atoms with E-state index >= 15 is 0 Å². The van der Waals surface area contributed by atoms with E-state index in [2.05, 4.69) is 23.5 Å². The Kier molecular flexibility index (Phi) is 5.86. The SMILES string of the molecule is COc1ccccc1C1(NCCCCCCO)CCC1. The van der Waals surface area contributed by atoms with Crippen LogP contribution in [0.5, 0.6) is 5.75 Å². The van der Waals surface area contributed by atoms with Crippen LogP contribution in [0.2, 0.25) is 0 Å². The summed E-state index contributed by atoms with van der Waals surface area (Å²) in [5, 5.41) is 12.5. The molecule has 0 atom stereocenters. The highest BCUT2D eigenvalue weighted by Gasteiger charge is 2.39. The Bertz CT molecular complexity index is 402. The molecular weight excluding hydrogens is 250 g/mol. The van der Waals surface area contributed by atoms with Crippen molar-refractivity contribution in [3.05, 3.63) is 29.8 Å². The monoisotopic (exact) mass is 277 g/mol. The fourth-order valence-electron chi connectivity index (χ4n) is 3.03. The van der Waals surface area contributed by atoms with E-state index in [1.54, 1.807) is 7.11 Å². The third kappa shape index (κ3) is 3.53. The number of unbranched alkanes of at least 4 members (excludes halogenated alkanes) is 3. The van der Waals surface area contributed by atoms with Crippen LogP contribution in [0, 0.1) is 0 Å². The van der Waals surface area contributed by atoms with Gasteiger partial charge in [0, 0.05) is 17.7 Å². The Morgan fingerprint density at radius 1 is 1.15 bits per heavy atom. The highest BCUT2D eigenvalue weighted by atomic mass is 16.5. The molecule has 2 rings (SSSR count). The van der Waals surface area contributed by atoms with Crippen molar-refractivity contribution in [2.75, 3.05) is 20.3 Å². The fraction of sp³-hybridized carbons (Fsp3) is 0.647. The smallest absolute Gasteiger partial charge is 0.123 e. The number of benzene rings is 1. The molecule has 112 valence electrons. The van der Waals surface area contributed by atoms with Crippen molar-refractivity contribution in [1.82, 2.24) is 5.32 Å². The van der Waals surface area contributed by atoms with Crippen molar-refractivity contribution < 1.29 is 9.84 Å². The molecule has 0 aliphatic heterocycles. The molecule has 0 bridgehead atoms. The molecule has 1 aromatic rings. The van der Waals surface area contributed by atoms with E-state index in [9.17, 15) is 0 Å².